The molecule has 0 saturated heterocycles. The summed E-state index contributed by atoms with van der Waals surface area (Å²) in [5.74, 6) is -0.753. The molecule has 1 aliphatic rings. The fraction of sp³-hybridized carbons (Fsp3) is 1.00. The SMILES string of the molecule is COCCOC1(OO)CCCCC1. The molecule has 0 radical (unpaired) electrons. The van der Waals surface area contributed by atoms with Gasteiger partial charge in [-0.2, -0.15) is 0 Å². The zero-order valence-corrected chi connectivity index (χ0v) is 8.12. The van der Waals surface area contributed by atoms with E-state index in [0.29, 0.717) is 13.2 Å². The third-order valence-electron chi connectivity index (χ3n) is 2.43. The van der Waals surface area contributed by atoms with E-state index in [1.165, 1.54) is 6.42 Å². The number of hydrogen-bond donors (Lipinski definition) is 1. The van der Waals surface area contributed by atoms with Gasteiger partial charge < -0.3 is 9.47 Å². The van der Waals surface area contributed by atoms with Crippen molar-refractivity contribution in [1.29, 1.82) is 0 Å². The Kier molecular flexibility index (Phi) is 4.66. The summed E-state index contributed by atoms with van der Waals surface area (Å²) in [6.45, 7) is 1.00. The topological polar surface area (TPSA) is 47.9 Å². The van der Waals surface area contributed by atoms with E-state index in [1.54, 1.807) is 7.11 Å². The maximum atomic E-state index is 8.78. The fourth-order valence-corrected chi connectivity index (χ4v) is 1.66. The van der Waals surface area contributed by atoms with Crippen LogP contribution in [0.25, 0.3) is 0 Å². The van der Waals surface area contributed by atoms with Crippen molar-refractivity contribution in [3.63, 3.8) is 0 Å². The molecule has 1 rings (SSSR count). The predicted molar refractivity (Wildman–Crippen MR) is 47.4 cm³/mol. The average Bonchev–Trinajstić information content (AvgIpc) is 2.20. The molecule has 0 aromatic heterocycles. The molecule has 1 aliphatic carbocycles. The molecule has 0 bridgehead atoms. The van der Waals surface area contributed by atoms with Crippen molar-refractivity contribution < 1.29 is 19.6 Å². The predicted octanol–water partition coefficient (Wildman–Crippen LogP) is 1.80. The van der Waals surface area contributed by atoms with Crippen LogP contribution >= 0.6 is 0 Å². The van der Waals surface area contributed by atoms with Gasteiger partial charge >= 0.3 is 0 Å². The van der Waals surface area contributed by atoms with Crippen LogP contribution in [0.3, 0.4) is 0 Å². The van der Waals surface area contributed by atoms with E-state index in [0.717, 1.165) is 25.7 Å². The van der Waals surface area contributed by atoms with E-state index in [-0.39, 0.29) is 0 Å². The summed E-state index contributed by atoms with van der Waals surface area (Å²) in [5, 5.41) is 8.78. The summed E-state index contributed by atoms with van der Waals surface area (Å²) in [6, 6.07) is 0. The first-order valence-electron chi connectivity index (χ1n) is 4.78. The first-order chi connectivity index (χ1) is 6.33. The maximum absolute atomic E-state index is 8.78. The van der Waals surface area contributed by atoms with Crippen LogP contribution in [0.4, 0.5) is 0 Å². The third-order valence-corrected chi connectivity index (χ3v) is 2.43. The van der Waals surface area contributed by atoms with Crippen molar-refractivity contribution in [3.05, 3.63) is 0 Å². The molecular weight excluding hydrogens is 172 g/mol. The molecule has 78 valence electrons. The quantitative estimate of drug-likeness (QED) is 0.311. The molecule has 0 spiro atoms. The highest BCUT2D eigenvalue weighted by atomic mass is 17.1. The first kappa shape index (κ1) is 10.9. The molecule has 1 saturated carbocycles. The second kappa shape index (κ2) is 5.54. The first-order valence-corrected chi connectivity index (χ1v) is 4.78. The molecule has 0 aromatic carbocycles. The van der Waals surface area contributed by atoms with Crippen molar-refractivity contribution in [2.24, 2.45) is 0 Å². The standard InChI is InChI=1S/C9H18O4/c1-11-7-8-12-9(13-10)5-3-2-4-6-9/h10H,2-8H2,1H3. The summed E-state index contributed by atoms with van der Waals surface area (Å²) >= 11 is 0. The summed E-state index contributed by atoms with van der Waals surface area (Å²) < 4.78 is 10.3. The minimum atomic E-state index is -0.753. The minimum absolute atomic E-state index is 0.469. The van der Waals surface area contributed by atoms with Gasteiger partial charge in [-0.15, -0.1) is 0 Å². The molecule has 0 aromatic rings. The van der Waals surface area contributed by atoms with Gasteiger partial charge in [0.25, 0.3) is 0 Å². The average molecular weight is 190 g/mol. The molecule has 0 aliphatic heterocycles. The zero-order chi connectivity index (χ0) is 9.57. The highest BCUT2D eigenvalue weighted by Gasteiger charge is 2.34. The van der Waals surface area contributed by atoms with E-state index in [4.69, 9.17) is 14.7 Å². The molecule has 4 nitrogen and oxygen atoms in total. The van der Waals surface area contributed by atoms with Crippen molar-refractivity contribution in [2.45, 2.75) is 37.9 Å². The lowest BCUT2D eigenvalue weighted by atomic mass is 9.94. The number of ether oxygens (including phenoxy) is 2. The Balaban J connectivity index is 2.29. The van der Waals surface area contributed by atoms with Crippen LogP contribution in [0.2, 0.25) is 0 Å². The zero-order valence-electron chi connectivity index (χ0n) is 8.12. The second-order valence-electron chi connectivity index (χ2n) is 3.40. The lowest BCUT2D eigenvalue weighted by Crippen LogP contribution is -2.38. The molecule has 0 unspecified atom stereocenters. The fourth-order valence-electron chi connectivity index (χ4n) is 1.66. The molecule has 1 N–H and O–H groups in total. The van der Waals surface area contributed by atoms with Gasteiger partial charge in [-0.05, 0) is 12.8 Å². The summed E-state index contributed by atoms with van der Waals surface area (Å²) in [6.07, 6.45) is 4.83. The monoisotopic (exact) mass is 190 g/mol. The van der Waals surface area contributed by atoms with Gasteiger partial charge in [0.15, 0.2) is 0 Å². The highest BCUT2D eigenvalue weighted by Crippen LogP contribution is 2.31. The smallest absolute Gasteiger partial charge is 0.201 e. The van der Waals surface area contributed by atoms with Crippen LogP contribution in [-0.2, 0) is 14.4 Å². The van der Waals surface area contributed by atoms with Crippen molar-refractivity contribution in [2.75, 3.05) is 20.3 Å². The van der Waals surface area contributed by atoms with Gasteiger partial charge in [0.05, 0.1) is 13.2 Å². The highest BCUT2D eigenvalue weighted by molar-refractivity contribution is 4.73. The molecule has 0 amide bonds. The Morgan fingerprint density at radius 1 is 1.15 bits per heavy atom. The van der Waals surface area contributed by atoms with E-state index >= 15 is 0 Å². The Hall–Kier alpha value is -0.160. The van der Waals surface area contributed by atoms with Crippen LogP contribution in [0.15, 0.2) is 0 Å². The second-order valence-corrected chi connectivity index (χ2v) is 3.40. The van der Waals surface area contributed by atoms with Crippen LogP contribution in [0.1, 0.15) is 32.1 Å². The van der Waals surface area contributed by atoms with E-state index in [9.17, 15) is 0 Å². The number of methoxy groups -OCH3 is 1. The summed E-state index contributed by atoms with van der Waals surface area (Å²) in [7, 11) is 1.62. The van der Waals surface area contributed by atoms with E-state index in [2.05, 4.69) is 4.89 Å². The molecule has 0 atom stereocenters. The molecule has 4 heteroatoms. The number of rotatable bonds is 5. The Bertz CT molecular complexity index is 132. The normalized spacial score (nSPS) is 21.7. The maximum Gasteiger partial charge on any atom is 0.201 e. The van der Waals surface area contributed by atoms with Gasteiger partial charge in [0.2, 0.25) is 5.79 Å². The van der Waals surface area contributed by atoms with Gasteiger partial charge in [-0.3, -0.25) is 0 Å². The van der Waals surface area contributed by atoms with E-state index < -0.39 is 5.79 Å². The Morgan fingerprint density at radius 2 is 1.85 bits per heavy atom. The van der Waals surface area contributed by atoms with Gasteiger partial charge in [-0.1, -0.05) is 6.42 Å². The summed E-state index contributed by atoms with van der Waals surface area (Å²) in [4.78, 5) is 4.45. The Labute approximate surface area is 78.7 Å². The van der Waals surface area contributed by atoms with Gasteiger partial charge in [0, 0.05) is 20.0 Å². The minimum Gasteiger partial charge on any atom is -0.382 e. The molecule has 0 heterocycles. The largest absolute Gasteiger partial charge is 0.382 e. The lowest BCUT2D eigenvalue weighted by Gasteiger charge is -2.33. The van der Waals surface area contributed by atoms with E-state index in [1.807, 2.05) is 0 Å². The van der Waals surface area contributed by atoms with Crippen molar-refractivity contribution in [1.82, 2.24) is 0 Å². The molecule has 1 fully saturated rings. The Morgan fingerprint density at radius 3 is 2.38 bits per heavy atom. The van der Waals surface area contributed by atoms with Crippen molar-refractivity contribution in [3.8, 4) is 0 Å². The van der Waals surface area contributed by atoms with Crippen molar-refractivity contribution >= 4 is 0 Å². The third kappa shape index (κ3) is 3.23. The van der Waals surface area contributed by atoms with Crippen LogP contribution in [0.5, 0.6) is 0 Å². The van der Waals surface area contributed by atoms with Crippen LogP contribution < -0.4 is 0 Å². The summed E-state index contributed by atoms with van der Waals surface area (Å²) in [5.41, 5.74) is 0. The van der Waals surface area contributed by atoms with Crippen LogP contribution in [0, 0.1) is 0 Å². The lowest BCUT2D eigenvalue weighted by molar-refractivity contribution is -0.412. The molecule has 13 heavy (non-hydrogen) atoms. The van der Waals surface area contributed by atoms with Crippen LogP contribution in [-0.4, -0.2) is 31.4 Å². The molecular formula is C9H18O4. The van der Waals surface area contributed by atoms with Gasteiger partial charge in [-0.25, -0.2) is 10.1 Å². The van der Waals surface area contributed by atoms with Gasteiger partial charge in [0.1, 0.15) is 0 Å². The number of hydrogen-bond acceptors (Lipinski definition) is 4.